The Hall–Kier alpha value is -1.52. The molecular formula is C17H26N6O2S. The highest BCUT2D eigenvalue weighted by Gasteiger charge is 2.44. The van der Waals surface area contributed by atoms with Crippen LogP contribution in [0.3, 0.4) is 0 Å². The van der Waals surface area contributed by atoms with E-state index in [9.17, 15) is 8.42 Å². The van der Waals surface area contributed by atoms with Gasteiger partial charge in [-0.2, -0.15) is 4.31 Å². The fourth-order valence-corrected chi connectivity index (χ4v) is 6.17. The van der Waals surface area contributed by atoms with Crippen molar-refractivity contribution in [1.29, 1.82) is 0 Å². The van der Waals surface area contributed by atoms with Gasteiger partial charge < -0.3 is 4.98 Å². The Morgan fingerprint density at radius 3 is 2.38 bits per heavy atom. The average molecular weight is 379 g/mol. The lowest BCUT2D eigenvalue weighted by Crippen LogP contribution is -2.54. The first-order valence-corrected chi connectivity index (χ1v) is 10.6. The molecule has 2 unspecified atom stereocenters. The van der Waals surface area contributed by atoms with Crippen molar-refractivity contribution in [2.24, 2.45) is 0 Å². The van der Waals surface area contributed by atoms with Gasteiger partial charge in [0.15, 0.2) is 0 Å². The number of rotatable bonds is 4. The third-order valence-corrected chi connectivity index (χ3v) is 7.96. The second kappa shape index (κ2) is 6.90. The van der Waals surface area contributed by atoms with Crippen LogP contribution < -0.4 is 10.9 Å². The summed E-state index contributed by atoms with van der Waals surface area (Å²) >= 11 is 0. The second-order valence-corrected chi connectivity index (χ2v) is 9.34. The molecule has 142 valence electrons. The number of hydrogen-bond acceptors (Lipinski definition) is 6. The number of hydrazine groups is 1. The summed E-state index contributed by atoms with van der Waals surface area (Å²) in [4.78, 5) is 10.2. The first-order chi connectivity index (χ1) is 12.4. The van der Waals surface area contributed by atoms with E-state index in [-0.39, 0.29) is 12.1 Å². The van der Waals surface area contributed by atoms with E-state index in [4.69, 9.17) is 0 Å². The molecule has 3 N–H and O–H groups in total. The van der Waals surface area contributed by atoms with Crippen LogP contribution >= 0.6 is 0 Å². The first kappa shape index (κ1) is 17.9. The van der Waals surface area contributed by atoms with E-state index in [0.717, 1.165) is 16.9 Å². The predicted molar refractivity (Wildman–Crippen MR) is 101 cm³/mol. The highest BCUT2D eigenvalue weighted by atomic mass is 32.2. The summed E-state index contributed by atoms with van der Waals surface area (Å²) in [5.41, 5.74) is 8.08. The number of imidazole rings is 1. The second-order valence-electron chi connectivity index (χ2n) is 7.25. The monoisotopic (exact) mass is 378 g/mol. The normalized spacial score (nSPS) is 28.8. The summed E-state index contributed by atoms with van der Waals surface area (Å²) in [6.45, 7) is 7.02. The molecule has 2 aliphatic rings. The average Bonchev–Trinajstić information content (AvgIpc) is 3.17. The molecule has 2 saturated heterocycles. The molecule has 0 spiro atoms. The molecule has 3 heterocycles. The summed E-state index contributed by atoms with van der Waals surface area (Å²) in [5, 5.41) is -0.426. The van der Waals surface area contributed by atoms with E-state index in [1.54, 1.807) is 4.31 Å². The third kappa shape index (κ3) is 3.25. The number of fused-ring (bicyclic) bond motifs is 1. The van der Waals surface area contributed by atoms with Crippen molar-refractivity contribution in [1.82, 2.24) is 30.0 Å². The minimum absolute atomic E-state index is 0.0939. The van der Waals surface area contributed by atoms with Gasteiger partial charge in [-0.1, -0.05) is 12.1 Å². The number of nitrogens with zero attached hydrogens (tertiary/aromatic N) is 3. The lowest BCUT2D eigenvalue weighted by Gasteiger charge is -2.36. The third-order valence-electron chi connectivity index (χ3n) is 5.37. The van der Waals surface area contributed by atoms with Gasteiger partial charge in [-0.25, -0.2) is 13.4 Å². The molecule has 1 aromatic carbocycles. The molecule has 2 atom stereocenters. The first-order valence-electron chi connectivity index (χ1n) is 9.11. The topological polar surface area (TPSA) is 93.4 Å². The fourth-order valence-electron chi connectivity index (χ4n) is 3.98. The van der Waals surface area contributed by atoms with Gasteiger partial charge in [0.25, 0.3) is 0 Å². The summed E-state index contributed by atoms with van der Waals surface area (Å²) in [6, 6.07) is 7.79. The lowest BCUT2D eigenvalue weighted by molar-refractivity contribution is 0.177. The number of nitrogens with one attached hydrogen (secondary N) is 3. The van der Waals surface area contributed by atoms with Gasteiger partial charge in [0.2, 0.25) is 10.0 Å². The van der Waals surface area contributed by atoms with E-state index < -0.39 is 15.3 Å². The predicted octanol–water partition coefficient (Wildman–Crippen LogP) is 0.264. The van der Waals surface area contributed by atoms with Crippen LogP contribution in [-0.2, 0) is 16.6 Å². The molecule has 2 aliphatic heterocycles. The number of aromatic amines is 1. The molecule has 0 amide bonds. The van der Waals surface area contributed by atoms with Crippen LogP contribution in [-0.4, -0.2) is 71.1 Å². The fraction of sp³-hybridized carbons (Fsp3) is 0.588. The molecule has 26 heavy (non-hydrogen) atoms. The lowest BCUT2D eigenvalue weighted by atomic mass is 10.2. The van der Waals surface area contributed by atoms with Crippen LogP contribution in [0.1, 0.15) is 19.7 Å². The van der Waals surface area contributed by atoms with E-state index >= 15 is 0 Å². The van der Waals surface area contributed by atoms with E-state index in [2.05, 4.69) is 25.7 Å². The van der Waals surface area contributed by atoms with Gasteiger partial charge in [0, 0.05) is 38.3 Å². The largest absolute Gasteiger partial charge is 0.341 e. The van der Waals surface area contributed by atoms with Crippen LogP contribution in [0.25, 0.3) is 11.0 Å². The molecule has 4 rings (SSSR count). The molecule has 8 nitrogen and oxygen atoms in total. The minimum Gasteiger partial charge on any atom is -0.341 e. The Labute approximate surface area is 154 Å². The molecule has 0 radical (unpaired) electrons. The minimum atomic E-state index is -3.32. The molecular weight excluding hydrogens is 352 g/mol. The molecule has 0 bridgehead atoms. The maximum Gasteiger partial charge on any atom is 0.220 e. The number of para-hydroxylation sites is 2. The Morgan fingerprint density at radius 2 is 1.73 bits per heavy atom. The molecule has 1 aromatic heterocycles. The standard InChI is InChI=1S/C17H26N6O2S/c1-12-17(13(2)21-20-12)26(24,25)23-9-7-22(8-10-23)11-16-18-14-5-3-4-6-15(14)19-16/h3-6,12-13,17,20-21H,7-11H2,1-2H3,(H,18,19). The number of hydrogen-bond donors (Lipinski definition) is 3. The van der Waals surface area contributed by atoms with Crippen LogP contribution in [0.2, 0.25) is 0 Å². The van der Waals surface area contributed by atoms with Crippen LogP contribution in [0.15, 0.2) is 24.3 Å². The maximum absolute atomic E-state index is 13.0. The molecule has 2 fully saturated rings. The number of piperazine rings is 1. The molecule has 9 heteroatoms. The van der Waals surface area contributed by atoms with Gasteiger partial charge in [-0.3, -0.25) is 15.8 Å². The number of benzene rings is 1. The summed E-state index contributed by atoms with van der Waals surface area (Å²) in [6.07, 6.45) is 0. The zero-order valence-electron chi connectivity index (χ0n) is 15.1. The zero-order valence-corrected chi connectivity index (χ0v) is 16.0. The Kier molecular flexibility index (Phi) is 4.74. The molecule has 0 aliphatic carbocycles. The highest BCUT2D eigenvalue weighted by Crippen LogP contribution is 2.21. The smallest absolute Gasteiger partial charge is 0.220 e. The van der Waals surface area contributed by atoms with Gasteiger partial charge in [0.05, 0.1) is 17.6 Å². The summed E-state index contributed by atoms with van der Waals surface area (Å²) in [7, 11) is -3.32. The van der Waals surface area contributed by atoms with Crippen molar-refractivity contribution in [3.8, 4) is 0 Å². The SMILES string of the molecule is CC1NNC(C)C1S(=O)(=O)N1CCN(Cc2nc3ccccc3[nH]2)CC1. The quantitative estimate of drug-likeness (QED) is 0.707. The van der Waals surface area contributed by atoms with Gasteiger partial charge in [0.1, 0.15) is 11.1 Å². The van der Waals surface area contributed by atoms with Gasteiger partial charge in [-0.15, -0.1) is 0 Å². The molecule has 2 aromatic rings. The Bertz CT molecular complexity index is 831. The number of H-pyrrole nitrogens is 1. The molecule has 0 saturated carbocycles. The van der Waals surface area contributed by atoms with Crippen molar-refractivity contribution in [2.75, 3.05) is 26.2 Å². The van der Waals surface area contributed by atoms with E-state index in [1.165, 1.54) is 0 Å². The van der Waals surface area contributed by atoms with Crippen molar-refractivity contribution >= 4 is 21.1 Å². The van der Waals surface area contributed by atoms with Crippen molar-refractivity contribution < 1.29 is 8.42 Å². The highest BCUT2D eigenvalue weighted by molar-refractivity contribution is 7.89. The van der Waals surface area contributed by atoms with Crippen LogP contribution in [0, 0.1) is 0 Å². The van der Waals surface area contributed by atoms with Crippen LogP contribution in [0.4, 0.5) is 0 Å². The summed E-state index contributed by atoms with van der Waals surface area (Å²) in [5.74, 6) is 0.925. The van der Waals surface area contributed by atoms with Crippen molar-refractivity contribution in [3.63, 3.8) is 0 Å². The van der Waals surface area contributed by atoms with E-state index in [1.807, 2.05) is 38.1 Å². The van der Waals surface area contributed by atoms with Gasteiger partial charge >= 0.3 is 0 Å². The van der Waals surface area contributed by atoms with Crippen molar-refractivity contribution in [2.45, 2.75) is 37.7 Å². The van der Waals surface area contributed by atoms with Crippen molar-refractivity contribution in [3.05, 3.63) is 30.1 Å². The van der Waals surface area contributed by atoms with E-state index in [0.29, 0.717) is 32.7 Å². The van der Waals surface area contributed by atoms with Crippen LogP contribution in [0.5, 0.6) is 0 Å². The zero-order chi connectivity index (χ0) is 18.3. The maximum atomic E-state index is 13.0. The Balaban J connectivity index is 1.39. The van der Waals surface area contributed by atoms with Gasteiger partial charge in [-0.05, 0) is 26.0 Å². The summed E-state index contributed by atoms with van der Waals surface area (Å²) < 4.78 is 27.6. The Morgan fingerprint density at radius 1 is 1.08 bits per heavy atom. The number of aromatic nitrogens is 2. The number of sulfonamides is 1.